The molecule has 2 aromatic rings. The Labute approximate surface area is 166 Å². The number of sulfone groups is 1. The van der Waals surface area contributed by atoms with Gasteiger partial charge in [-0.3, -0.25) is 4.79 Å². The predicted octanol–water partition coefficient (Wildman–Crippen LogP) is 1.89. The number of fused-ring (bicyclic) bond motifs is 3. The van der Waals surface area contributed by atoms with Crippen LogP contribution in [-0.2, 0) is 27.5 Å². The van der Waals surface area contributed by atoms with E-state index in [4.69, 9.17) is 5.73 Å². The summed E-state index contributed by atoms with van der Waals surface area (Å²) >= 11 is 2.94. The highest BCUT2D eigenvalue weighted by atomic mass is 32.2. The van der Waals surface area contributed by atoms with Gasteiger partial charge in [-0.05, 0) is 37.7 Å². The third-order valence-corrected chi connectivity index (χ3v) is 9.06. The van der Waals surface area contributed by atoms with Gasteiger partial charge in [0.1, 0.15) is 10.6 Å². The van der Waals surface area contributed by atoms with Gasteiger partial charge in [0.25, 0.3) is 0 Å². The number of aromatic nitrogens is 2. The van der Waals surface area contributed by atoms with Gasteiger partial charge in [0, 0.05) is 18.0 Å². The number of nitrogen functional groups attached to an aromatic ring is 1. The van der Waals surface area contributed by atoms with Crippen molar-refractivity contribution in [3.63, 3.8) is 0 Å². The number of carbonyl (C=O) groups excluding carboxylic acids is 1. The molecule has 0 bridgehead atoms. The summed E-state index contributed by atoms with van der Waals surface area (Å²) in [5, 5.41) is 1.48. The molecule has 0 radical (unpaired) electrons. The minimum atomic E-state index is -3.01. The minimum Gasteiger partial charge on any atom is -0.383 e. The van der Waals surface area contributed by atoms with E-state index in [1.54, 1.807) is 23.3 Å². The molecule has 1 atom stereocenters. The molecule has 2 N–H and O–H groups in total. The monoisotopic (exact) mass is 426 g/mol. The molecule has 10 heteroatoms. The molecule has 0 aromatic carbocycles. The van der Waals surface area contributed by atoms with Gasteiger partial charge in [0.2, 0.25) is 5.91 Å². The smallest absolute Gasteiger partial charge is 0.233 e. The Bertz CT molecular complexity index is 1000. The third-order valence-electron chi connectivity index (χ3n) is 5.30. The van der Waals surface area contributed by atoms with Crippen molar-refractivity contribution < 1.29 is 13.2 Å². The van der Waals surface area contributed by atoms with E-state index < -0.39 is 9.84 Å². The lowest BCUT2D eigenvalue weighted by Crippen LogP contribution is -2.38. The van der Waals surface area contributed by atoms with Crippen LogP contribution in [0.25, 0.3) is 10.2 Å². The maximum atomic E-state index is 12.4. The summed E-state index contributed by atoms with van der Waals surface area (Å²) in [6.07, 6.45) is 4.99. The Balaban J connectivity index is 1.46. The fraction of sp³-hybridized carbons (Fsp3) is 0.588. The van der Waals surface area contributed by atoms with Gasteiger partial charge in [-0.15, -0.1) is 11.3 Å². The van der Waals surface area contributed by atoms with Gasteiger partial charge >= 0.3 is 0 Å². The van der Waals surface area contributed by atoms with Gasteiger partial charge < -0.3 is 10.6 Å². The van der Waals surface area contributed by atoms with E-state index in [1.807, 2.05) is 0 Å². The zero-order chi connectivity index (χ0) is 19.2. The number of aryl methyl sites for hydroxylation is 2. The van der Waals surface area contributed by atoms with Crippen molar-refractivity contribution in [3.8, 4) is 0 Å². The number of thioether (sulfide) groups is 1. The number of nitrogens with two attached hydrogens (primary N) is 1. The number of nitrogens with zero attached hydrogens (tertiary/aromatic N) is 3. The van der Waals surface area contributed by atoms with Gasteiger partial charge in [0.15, 0.2) is 15.0 Å². The maximum Gasteiger partial charge on any atom is 0.233 e. The highest BCUT2D eigenvalue weighted by molar-refractivity contribution is 7.99. The first-order valence-corrected chi connectivity index (χ1v) is 12.6. The predicted molar refractivity (Wildman–Crippen MR) is 109 cm³/mol. The molecular formula is C17H22N4O3S3. The Morgan fingerprint density at radius 3 is 2.85 bits per heavy atom. The summed E-state index contributed by atoms with van der Waals surface area (Å²) < 4.78 is 23.2. The number of hydrogen-bond acceptors (Lipinski definition) is 8. The first-order chi connectivity index (χ1) is 12.8. The Hall–Kier alpha value is -1.39. The fourth-order valence-electron chi connectivity index (χ4n) is 3.74. The highest BCUT2D eigenvalue weighted by Gasteiger charge is 2.32. The summed E-state index contributed by atoms with van der Waals surface area (Å²) in [4.78, 5) is 25.3. The average Bonchev–Trinajstić information content (AvgIpc) is 3.18. The van der Waals surface area contributed by atoms with Crippen molar-refractivity contribution in [3.05, 3.63) is 10.4 Å². The van der Waals surface area contributed by atoms with Crippen LogP contribution in [0.15, 0.2) is 5.16 Å². The molecule has 1 amide bonds. The van der Waals surface area contributed by atoms with Crippen molar-refractivity contribution >= 4 is 54.9 Å². The van der Waals surface area contributed by atoms with Crippen LogP contribution in [-0.4, -0.2) is 59.5 Å². The van der Waals surface area contributed by atoms with E-state index in [1.165, 1.54) is 35.0 Å². The lowest BCUT2D eigenvalue weighted by Gasteiger charge is -2.23. The summed E-state index contributed by atoms with van der Waals surface area (Å²) in [5.74, 6) is 0.750. The zero-order valence-electron chi connectivity index (χ0n) is 15.1. The first-order valence-electron chi connectivity index (χ1n) is 9.01. The van der Waals surface area contributed by atoms with Crippen molar-refractivity contribution in [1.82, 2.24) is 14.9 Å². The third kappa shape index (κ3) is 3.79. The number of hydrogen-bond donors (Lipinski definition) is 1. The van der Waals surface area contributed by atoms with Crippen molar-refractivity contribution in [2.24, 2.45) is 0 Å². The largest absolute Gasteiger partial charge is 0.383 e. The lowest BCUT2D eigenvalue weighted by atomic mass is 9.97. The van der Waals surface area contributed by atoms with Crippen LogP contribution in [0.5, 0.6) is 0 Å². The molecular weight excluding hydrogens is 404 g/mol. The molecule has 0 spiro atoms. The van der Waals surface area contributed by atoms with Gasteiger partial charge in [-0.1, -0.05) is 11.8 Å². The van der Waals surface area contributed by atoms with Crippen LogP contribution in [0, 0.1) is 0 Å². The van der Waals surface area contributed by atoms with Crippen LogP contribution in [0.2, 0.25) is 0 Å². The topological polar surface area (TPSA) is 106 Å². The van der Waals surface area contributed by atoms with Gasteiger partial charge in [0.05, 0.1) is 22.6 Å². The second-order valence-electron chi connectivity index (χ2n) is 7.13. The average molecular weight is 427 g/mol. The first kappa shape index (κ1) is 18.9. The maximum absolute atomic E-state index is 12.4. The highest BCUT2D eigenvalue weighted by Crippen LogP contribution is 2.38. The minimum absolute atomic E-state index is 0.0516. The van der Waals surface area contributed by atoms with Crippen LogP contribution in [0.4, 0.5) is 5.82 Å². The molecule has 7 nitrogen and oxygen atoms in total. The summed E-state index contributed by atoms with van der Waals surface area (Å²) in [6, 6.07) is -0.236. The molecule has 27 heavy (non-hydrogen) atoms. The quantitative estimate of drug-likeness (QED) is 0.588. The number of thiophene rings is 1. The molecule has 2 aromatic heterocycles. The van der Waals surface area contributed by atoms with Gasteiger partial charge in [-0.25, -0.2) is 18.4 Å². The van der Waals surface area contributed by atoms with E-state index in [0.29, 0.717) is 17.4 Å². The summed E-state index contributed by atoms with van der Waals surface area (Å²) in [6.45, 7) is 0. The van der Waals surface area contributed by atoms with Gasteiger partial charge in [-0.2, -0.15) is 0 Å². The number of anilines is 1. The van der Waals surface area contributed by atoms with Crippen molar-refractivity contribution in [2.45, 2.75) is 43.3 Å². The molecule has 0 unspecified atom stereocenters. The molecule has 1 aliphatic carbocycles. The van der Waals surface area contributed by atoms with Crippen molar-refractivity contribution in [1.29, 1.82) is 0 Å². The Morgan fingerprint density at radius 2 is 2.11 bits per heavy atom. The second-order valence-corrected chi connectivity index (χ2v) is 11.4. The van der Waals surface area contributed by atoms with E-state index in [9.17, 15) is 13.2 Å². The standard InChI is InChI=1S/C17H22N4O3S3/c1-21(10-6-7-27(23,24)9-10)13(22)8-25-17-19-15(18)14-11-4-2-3-5-12(11)26-16(14)20-17/h10H,2-9H2,1H3,(H2,18,19,20)/t10-/m1/s1. The second kappa shape index (κ2) is 7.21. The van der Waals surface area contributed by atoms with E-state index >= 15 is 0 Å². The van der Waals surface area contributed by atoms with Crippen LogP contribution >= 0.6 is 23.1 Å². The number of amides is 1. The lowest BCUT2D eigenvalue weighted by molar-refractivity contribution is -0.128. The fourth-order valence-corrected chi connectivity index (χ4v) is 7.62. The van der Waals surface area contributed by atoms with Crippen LogP contribution < -0.4 is 5.73 Å². The Morgan fingerprint density at radius 1 is 1.33 bits per heavy atom. The normalized spacial score (nSPS) is 21.3. The molecule has 3 heterocycles. The summed E-state index contributed by atoms with van der Waals surface area (Å²) in [5.41, 5.74) is 7.50. The molecule has 0 saturated carbocycles. The molecule has 2 aliphatic rings. The molecule has 1 aliphatic heterocycles. The Kier molecular flexibility index (Phi) is 5.06. The molecule has 146 valence electrons. The SMILES string of the molecule is CN(C(=O)CSc1nc(N)c2c3c(sc2n1)CCCC3)[C@@H]1CCS(=O)(=O)C1. The number of carbonyl (C=O) groups is 1. The van der Waals surface area contributed by atoms with Crippen LogP contribution in [0.1, 0.15) is 29.7 Å². The number of rotatable bonds is 4. The van der Waals surface area contributed by atoms with E-state index in [-0.39, 0.29) is 29.2 Å². The van der Waals surface area contributed by atoms with E-state index in [2.05, 4.69) is 9.97 Å². The molecule has 1 saturated heterocycles. The summed E-state index contributed by atoms with van der Waals surface area (Å²) in [7, 11) is -1.35. The van der Waals surface area contributed by atoms with Crippen LogP contribution in [0.3, 0.4) is 0 Å². The molecule has 4 rings (SSSR count). The zero-order valence-corrected chi connectivity index (χ0v) is 17.6. The van der Waals surface area contributed by atoms with Crippen molar-refractivity contribution in [2.75, 3.05) is 30.0 Å². The van der Waals surface area contributed by atoms with E-state index in [0.717, 1.165) is 23.1 Å². The molecule has 1 fully saturated rings.